The lowest BCUT2D eigenvalue weighted by Crippen LogP contribution is -2.08. The maximum absolute atomic E-state index is 14.0. The van der Waals surface area contributed by atoms with Crippen LogP contribution in [0.15, 0.2) is 157 Å². The second-order valence-electron chi connectivity index (χ2n) is 16.9. The first kappa shape index (κ1) is 57.8. The van der Waals surface area contributed by atoms with Crippen LogP contribution in [0.5, 0.6) is 0 Å². The number of oxazole rings is 1. The molecule has 85 heavy (non-hydrogen) atoms. The van der Waals surface area contributed by atoms with Crippen molar-refractivity contribution >= 4 is 23.8 Å². The van der Waals surface area contributed by atoms with Crippen LogP contribution in [0.2, 0.25) is 0 Å². The van der Waals surface area contributed by atoms with Crippen LogP contribution < -0.4 is 22.9 Å². The Morgan fingerprint density at radius 2 is 0.788 bits per heavy atom. The molecule has 0 amide bonds. The fourth-order valence-corrected chi connectivity index (χ4v) is 7.53. The van der Waals surface area contributed by atoms with Crippen LogP contribution in [0.25, 0.3) is 90.4 Å². The van der Waals surface area contributed by atoms with E-state index in [4.69, 9.17) is 27.4 Å². The average Bonchev–Trinajstić information content (AvgIpc) is 3.07. The number of alkyl halides is 3. The second-order valence-corrected chi connectivity index (χ2v) is 16.9. The van der Waals surface area contributed by atoms with Gasteiger partial charge in [0.15, 0.2) is 23.1 Å². The fourth-order valence-electron chi connectivity index (χ4n) is 7.53. The zero-order valence-electron chi connectivity index (χ0n) is 43.2. The second kappa shape index (κ2) is 25.7. The summed E-state index contributed by atoms with van der Waals surface area (Å²) in [6, 6.07) is 21.7. The largest absolute Gasteiger partial charge is 0.440 e. The van der Waals surface area contributed by atoms with Crippen molar-refractivity contribution in [2.75, 3.05) is 22.9 Å². The molecular formula is C54H36F8N22O. The van der Waals surface area contributed by atoms with E-state index in [1.165, 1.54) is 79.4 Å². The van der Waals surface area contributed by atoms with Gasteiger partial charge < -0.3 is 27.4 Å². The van der Waals surface area contributed by atoms with E-state index >= 15 is 0 Å². The standard InChI is InChI=1S/C15H9F4N5.C14H9F2N5.C13H9FN6.C12H9FN6O/c16-10-4-2-1-3-9(10)13-12(23-24-14(20)22-13)8-5-6-21-11(7-8)15(17,18)19;15-10-4-2-1-3-8(10)12-13(20-21-14(17)19-12)9-5-6-18-7-11(9)16;14-10-7-17-5-3-9(10)12-11(18-13(15)20-19-12)8-2-1-4-16-6-8;1-6-4-16-11(20-6)10-9(18-19-12(14)17-10)7-2-3-15-5-8(7)13/h1-7H,(H2,20,22,24);1-7H,(H2,17,19,21);1-7H,(H2,15,18,20);2-5H,1H3,(H2,14,17,19). The number of nitrogens with zero attached hydrogens (tertiary/aromatic N) is 18. The Hall–Kier alpha value is -11.9. The van der Waals surface area contributed by atoms with Gasteiger partial charge in [0.2, 0.25) is 29.7 Å². The smallest absolute Gasteiger partial charge is 0.433 e. The molecule has 10 heterocycles. The molecule has 2 aromatic carbocycles. The molecule has 0 bridgehead atoms. The van der Waals surface area contributed by atoms with Crippen LogP contribution in [-0.2, 0) is 6.18 Å². The van der Waals surface area contributed by atoms with Crippen molar-refractivity contribution in [3.63, 3.8) is 0 Å². The Kier molecular flexibility index (Phi) is 17.5. The molecule has 0 atom stereocenters. The Bertz CT molecular complexity index is 4320. The predicted molar refractivity (Wildman–Crippen MR) is 289 cm³/mol. The van der Waals surface area contributed by atoms with Gasteiger partial charge in [0.25, 0.3) is 0 Å². The number of pyridine rings is 5. The van der Waals surface area contributed by atoms with E-state index in [-0.39, 0.29) is 97.2 Å². The van der Waals surface area contributed by atoms with Gasteiger partial charge in [0.05, 0.1) is 24.8 Å². The molecule has 31 heteroatoms. The molecule has 0 aliphatic carbocycles. The molecule has 12 aromatic rings. The average molecular weight is 1160 g/mol. The molecule has 23 nitrogen and oxygen atoms in total. The minimum Gasteiger partial charge on any atom is -0.440 e. The Morgan fingerprint density at radius 1 is 0.365 bits per heavy atom. The summed E-state index contributed by atoms with van der Waals surface area (Å²) < 4.78 is 114. The van der Waals surface area contributed by atoms with Gasteiger partial charge in [-0.15, -0.1) is 40.8 Å². The van der Waals surface area contributed by atoms with Gasteiger partial charge in [-0.25, -0.2) is 46.9 Å². The molecule has 0 radical (unpaired) electrons. The lowest BCUT2D eigenvalue weighted by Gasteiger charge is -2.10. The van der Waals surface area contributed by atoms with Crippen LogP contribution in [0.4, 0.5) is 58.9 Å². The normalized spacial score (nSPS) is 10.8. The molecule has 10 aromatic heterocycles. The summed E-state index contributed by atoms with van der Waals surface area (Å²) in [5, 5.41) is 30.0. The summed E-state index contributed by atoms with van der Waals surface area (Å²) in [4.78, 5) is 38.5. The Balaban J connectivity index is 0.000000136. The van der Waals surface area contributed by atoms with Crippen molar-refractivity contribution < 1.29 is 39.5 Å². The summed E-state index contributed by atoms with van der Waals surface area (Å²) in [6.07, 6.45) is 8.69. The number of aryl methyl sites for hydroxylation is 1. The Morgan fingerprint density at radius 3 is 1.24 bits per heavy atom. The van der Waals surface area contributed by atoms with Crippen molar-refractivity contribution in [3.05, 3.63) is 194 Å². The maximum atomic E-state index is 14.0. The van der Waals surface area contributed by atoms with Gasteiger partial charge in [-0.2, -0.15) is 13.2 Å². The SMILES string of the molecule is Cc1cnc(-c2nc(N)nnc2-c2ccncc2F)o1.Nc1nnc(-c2ccnc(C(F)(F)F)c2)c(-c2ccccc2F)n1.Nc1nnc(-c2ccncc2F)c(-c2ccccc2F)n1.Nc1nnc(-c2ccncc2F)c(-c2cccnc2)n1. The molecule has 12 rings (SSSR count). The van der Waals surface area contributed by atoms with Gasteiger partial charge in [-0.05, 0) is 73.7 Å². The van der Waals surface area contributed by atoms with Gasteiger partial charge >= 0.3 is 6.18 Å². The molecule has 0 spiro atoms. The lowest BCUT2D eigenvalue weighted by molar-refractivity contribution is -0.141. The van der Waals surface area contributed by atoms with Gasteiger partial charge in [-0.3, -0.25) is 24.9 Å². The highest BCUT2D eigenvalue weighted by Gasteiger charge is 2.33. The molecule has 0 saturated carbocycles. The third-order valence-corrected chi connectivity index (χ3v) is 11.2. The van der Waals surface area contributed by atoms with Crippen molar-refractivity contribution in [2.45, 2.75) is 13.1 Å². The van der Waals surface area contributed by atoms with E-state index in [1.54, 1.807) is 49.6 Å². The third-order valence-electron chi connectivity index (χ3n) is 11.2. The highest BCUT2D eigenvalue weighted by Crippen LogP contribution is 2.36. The summed E-state index contributed by atoms with van der Waals surface area (Å²) in [6.45, 7) is 1.74. The number of nitrogen functional groups attached to an aromatic ring is 4. The molecule has 0 fully saturated rings. The van der Waals surface area contributed by atoms with E-state index < -0.39 is 41.0 Å². The molecular weight excluding hydrogens is 1120 g/mol. The number of halogens is 8. The summed E-state index contributed by atoms with van der Waals surface area (Å²) >= 11 is 0. The Labute approximate surface area is 472 Å². The maximum Gasteiger partial charge on any atom is 0.433 e. The number of nitrogens with two attached hydrogens (primary N) is 4. The van der Waals surface area contributed by atoms with E-state index in [9.17, 15) is 35.1 Å². The number of anilines is 4. The lowest BCUT2D eigenvalue weighted by atomic mass is 10.0. The first-order valence-corrected chi connectivity index (χ1v) is 24.1. The number of hydrogen-bond acceptors (Lipinski definition) is 23. The van der Waals surface area contributed by atoms with E-state index in [1.807, 2.05) is 0 Å². The molecule has 0 aliphatic heterocycles. The van der Waals surface area contributed by atoms with E-state index in [0.29, 0.717) is 22.7 Å². The first-order valence-electron chi connectivity index (χ1n) is 24.1. The van der Waals surface area contributed by atoms with Gasteiger partial charge in [0, 0.05) is 76.1 Å². The number of rotatable bonds is 8. The van der Waals surface area contributed by atoms with E-state index in [0.717, 1.165) is 30.9 Å². The van der Waals surface area contributed by atoms with Crippen molar-refractivity contribution in [3.8, 4) is 90.4 Å². The minimum atomic E-state index is -4.62. The summed E-state index contributed by atoms with van der Waals surface area (Å²) in [7, 11) is 0. The quantitative estimate of drug-likeness (QED) is 0.103. The molecule has 0 unspecified atom stereocenters. The number of hydrogen-bond donors (Lipinski definition) is 4. The van der Waals surface area contributed by atoms with Crippen molar-refractivity contribution in [1.82, 2.24) is 90.6 Å². The zero-order chi connectivity index (χ0) is 60.2. The molecule has 0 saturated heterocycles. The van der Waals surface area contributed by atoms with Gasteiger partial charge in [-0.1, -0.05) is 24.3 Å². The number of benzene rings is 2. The predicted octanol–water partition coefficient (Wildman–Crippen LogP) is 9.14. The van der Waals surface area contributed by atoms with Crippen LogP contribution >= 0.6 is 0 Å². The molecule has 8 N–H and O–H groups in total. The van der Waals surface area contributed by atoms with Crippen LogP contribution in [0.1, 0.15) is 11.5 Å². The number of aromatic nitrogens is 18. The van der Waals surface area contributed by atoms with Crippen molar-refractivity contribution in [2.24, 2.45) is 0 Å². The third kappa shape index (κ3) is 13.8. The molecule has 0 aliphatic rings. The van der Waals surface area contributed by atoms with Crippen LogP contribution in [0, 0.1) is 36.0 Å². The minimum absolute atomic E-state index is 0.0000699. The van der Waals surface area contributed by atoms with Crippen LogP contribution in [0.3, 0.4) is 0 Å². The monoisotopic (exact) mass is 1160 g/mol. The highest BCUT2D eigenvalue weighted by molar-refractivity contribution is 5.80. The van der Waals surface area contributed by atoms with E-state index in [2.05, 4.69) is 90.6 Å². The summed E-state index contributed by atoms with van der Waals surface area (Å²) in [5.41, 5.74) is 23.9. The zero-order valence-corrected chi connectivity index (χ0v) is 43.2. The highest BCUT2D eigenvalue weighted by atomic mass is 19.4. The van der Waals surface area contributed by atoms with Crippen molar-refractivity contribution in [1.29, 1.82) is 0 Å². The fraction of sp³-hybridized carbons (Fsp3) is 0.0370. The summed E-state index contributed by atoms with van der Waals surface area (Å²) in [5.74, 6) is -2.33. The first-order chi connectivity index (χ1) is 40.9. The van der Waals surface area contributed by atoms with Crippen LogP contribution in [-0.4, -0.2) is 90.6 Å². The topological polar surface area (TPSA) is 349 Å². The molecule has 424 valence electrons. The van der Waals surface area contributed by atoms with Gasteiger partial charge in [0.1, 0.15) is 62.9 Å².